The Morgan fingerprint density at radius 1 is 1.28 bits per heavy atom. The average molecular weight is 335 g/mol. The summed E-state index contributed by atoms with van der Waals surface area (Å²) in [5.41, 5.74) is -0.472. The average Bonchev–Trinajstić information content (AvgIpc) is 2.35. The van der Waals surface area contributed by atoms with E-state index in [2.05, 4.69) is 20.9 Å². The molecule has 2 rings (SSSR count). The number of hydrogen-bond acceptors (Lipinski definition) is 2. The highest BCUT2D eigenvalue weighted by molar-refractivity contribution is 9.10. The van der Waals surface area contributed by atoms with Crippen molar-refractivity contribution in [2.45, 2.75) is 6.10 Å². The van der Waals surface area contributed by atoms with Gasteiger partial charge < -0.3 is 5.11 Å². The molecule has 0 aliphatic heterocycles. The van der Waals surface area contributed by atoms with Gasteiger partial charge in [0.05, 0.1) is 20.8 Å². The van der Waals surface area contributed by atoms with Crippen molar-refractivity contribution in [2.75, 3.05) is 0 Å². The Labute approximate surface area is 115 Å². The smallest absolute Gasteiger partial charge is 0.146 e. The van der Waals surface area contributed by atoms with E-state index in [4.69, 9.17) is 11.6 Å². The summed E-state index contributed by atoms with van der Waals surface area (Å²) in [6, 6.07) is 5.33. The van der Waals surface area contributed by atoms with Crippen molar-refractivity contribution in [1.29, 1.82) is 0 Å². The van der Waals surface area contributed by atoms with Crippen molar-refractivity contribution in [3.8, 4) is 0 Å². The van der Waals surface area contributed by atoms with E-state index < -0.39 is 23.3 Å². The van der Waals surface area contributed by atoms with Gasteiger partial charge in [0.25, 0.3) is 0 Å². The molecule has 1 aromatic carbocycles. The van der Waals surface area contributed by atoms with E-state index in [0.29, 0.717) is 0 Å². The quantitative estimate of drug-likeness (QED) is 0.846. The number of nitrogens with zero attached hydrogens (tertiary/aromatic N) is 1. The first-order chi connectivity index (χ1) is 8.52. The molecular formula is C12H7BrClF2NO. The second-order valence-corrected chi connectivity index (χ2v) is 4.79. The molecule has 0 aliphatic carbocycles. The van der Waals surface area contributed by atoms with Gasteiger partial charge in [0.1, 0.15) is 17.7 Å². The minimum absolute atomic E-state index is 0.00932. The highest BCUT2D eigenvalue weighted by atomic mass is 79.9. The number of benzene rings is 1. The first kappa shape index (κ1) is 13.4. The second kappa shape index (κ2) is 5.30. The number of hydrogen-bond donors (Lipinski definition) is 1. The molecule has 1 atom stereocenters. The van der Waals surface area contributed by atoms with Gasteiger partial charge in [-0.15, -0.1) is 0 Å². The van der Waals surface area contributed by atoms with Gasteiger partial charge >= 0.3 is 0 Å². The largest absolute Gasteiger partial charge is 0.382 e. The summed E-state index contributed by atoms with van der Waals surface area (Å²) in [7, 11) is 0. The van der Waals surface area contributed by atoms with Gasteiger partial charge in [0.2, 0.25) is 0 Å². The predicted octanol–water partition coefficient (Wildman–Crippen LogP) is 3.86. The molecule has 1 N–H and O–H groups in total. The van der Waals surface area contributed by atoms with Crippen LogP contribution < -0.4 is 0 Å². The molecule has 94 valence electrons. The molecule has 0 spiro atoms. The fourth-order valence-electron chi connectivity index (χ4n) is 1.53. The van der Waals surface area contributed by atoms with E-state index >= 15 is 0 Å². The van der Waals surface area contributed by atoms with Crippen LogP contribution in [-0.2, 0) is 0 Å². The molecule has 1 unspecified atom stereocenters. The fraction of sp³-hybridized carbons (Fsp3) is 0.0833. The Hall–Kier alpha value is -1.04. The number of rotatable bonds is 2. The summed E-state index contributed by atoms with van der Waals surface area (Å²) >= 11 is 8.77. The van der Waals surface area contributed by atoms with Crippen LogP contribution in [0.5, 0.6) is 0 Å². The van der Waals surface area contributed by atoms with E-state index in [0.717, 1.165) is 6.07 Å². The molecule has 0 saturated heterocycles. The first-order valence-corrected chi connectivity index (χ1v) is 6.11. The Kier molecular flexibility index (Phi) is 3.94. The highest BCUT2D eigenvalue weighted by Gasteiger charge is 2.24. The zero-order valence-corrected chi connectivity index (χ0v) is 11.2. The molecule has 0 saturated carbocycles. The molecule has 0 amide bonds. The standard InChI is InChI=1S/C12H7BrClF2NO/c13-6-3-4-8(15)9(10(6)16)12(18)11-7(14)2-1-5-17-11/h1-5,12,18H. The minimum Gasteiger partial charge on any atom is -0.382 e. The van der Waals surface area contributed by atoms with Gasteiger partial charge in [-0.3, -0.25) is 4.98 Å². The zero-order valence-electron chi connectivity index (χ0n) is 8.87. The fourth-order valence-corrected chi connectivity index (χ4v) is 2.10. The van der Waals surface area contributed by atoms with Gasteiger partial charge in [-0.2, -0.15) is 0 Å². The molecule has 0 radical (unpaired) electrons. The van der Waals surface area contributed by atoms with Crippen LogP contribution in [0, 0.1) is 11.6 Å². The lowest BCUT2D eigenvalue weighted by Crippen LogP contribution is -2.08. The lowest BCUT2D eigenvalue weighted by atomic mass is 10.0. The Balaban J connectivity index is 2.56. The second-order valence-electron chi connectivity index (χ2n) is 3.53. The molecule has 1 heterocycles. The van der Waals surface area contributed by atoms with Crippen LogP contribution >= 0.6 is 27.5 Å². The van der Waals surface area contributed by atoms with Crippen LogP contribution in [-0.4, -0.2) is 10.1 Å². The normalized spacial score (nSPS) is 12.5. The summed E-state index contributed by atoms with van der Waals surface area (Å²) in [4.78, 5) is 3.84. The summed E-state index contributed by atoms with van der Waals surface area (Å²) < 4.78 is 27.5. The van der Waals surface area contributed by atoms with E-state index in [9.17, 15) is 13.9 Å². The summed E-state index contributed by atoms with van der Waals surface area (Å²) in [6.07, 6.45) is -0.172. The molecule has 18 heavy (non-hydrogen) atoms. The summed E-state index contributed by atoms with van der Waals surface area (Å²) in [5.74, 6) is -1.73. The molecule has 2 aromatic rings. The number of aliphatic hydroxyl groups is 1. The van der Waals surface area contributed by atoms with Crippen LogP contribution in [0.1, 0.15) is 17.4 Å². The number of aromatic nitrogens is 1. The third-order valence-corrected chi connectivity index (χ3v) is 3.33. The third-order valence-electron chi connectivity index (χ3n) is 2.40. The molecule has 1 aromatic heterocycles. The van der Waals surface area contributed by atoms with E-state index in [1.165, 1.54) is 18.3 Å². The van der Waals surface area contributed by atoms with Gasteiger partial charge in [-0.1, -0.05) is 11.6 Å². The van der Waals surface area contributed by atoms with Gasteiger partial charge in [0.15, 0.2) is 0 Å². The van der Waals surface area contributed by atoms with Crippen LogP contribution in [0.15, 0.2) is 34.9 Å². The van der Waals surface area contributed by atoms with Crippen LogP contribution in [0.2, 0.25) is 5.02 Å². The Bertz CT molecular complexity index is 594. The minimum atomic E-state index is -1.56. The maximum absolute atomic E-state index is 13.8. The molecule has 0 fully saturated rings. The summed E-state index contributed by atoms with van der Waals surface area (Å²) in [5, 5.41) is 10.2. The number of aliphatic hydroxyl groups excluding tert-OH is 1. The van der Waals surface area contributed by atoms with Crippen molar-refractivity contribution < 1.29 is 13.9 Å². The van der Waals surface area contributed by atoms with Crippen molar-refractivity contribution in [2.24, 2.45) is 0 Å². The van der Waals surface area contributed by atoms with Crippen molar-refractivity contribution in [3.63, 3.8) is 0 Å². The lowest BCUT2D eigenvalue weighted by Gasteiger charge is -2.14. The highest BCUT2D eigenvalue weighted by Crippen LogP contribution is 2.32. The number of pyridine rings is 1. The van der Waals surface area contributed by atoms with Crippen molar-refractivity contribution in [3.05, 3.63) is 62.8 Å². The van der Waals surface area contributed by atoms with Crippen LogP contribution in [0.25, 0.3) is 0 Å². The zero-order chi connectivity index (χ0) is 13.3. The van der Waals surface area contributed by atoms with Crippen molar-refractivity contribution in [1.82, 2.24) is 4.98 Å². The summed E-state index contributed by atoms with van der Waals surface area (Å²) in [6.45, 7) is 0. The maximum Gasteiger partial charge on any atom is 0.146 e. The molecule has 0 bridgehead atoms. The molecule has 0 aliphatic rings. The first-order valence-electron chi connectivity index (χ1n) is 4.94. The van der Waals surface area contributed by atoms with Gasteiger partial charge in [0, 0.05) is 6.20 Å². The van der Waals surface area contributed by atoms with Gasteiger partial charge in [-0.05, 0) is 40.2 Å². The van der Waals surface area contributed by atoms with Gasteiger partial charge in [-0.25, -0.2) is 8.78 Å². The number of halogens is 4. The van der Waals surface area contributed by atoms with E-state index in [1.807, 2.05) is 0 Å². The molecule has 2 nitrogen and oxygen atoms in total. The molecular weight excluding hydrogens is 327 g/mol. The SMILES string of the molecule is OC(c1ncccc1Cl)c1c(F)ccc(Br)c1F. The lowest BCUT2D eigenvalue weighted by molar-refractivity contribution is 0.204. The van der Waals surface area contributed by atoms with E-state index in [-0.39, 0.29) is 15.2 Å². The van der Waals surface area contributed by atoms with Crippen LogP contribution in [0.3, 0.4) is 0 Å². The monoisotopic (exact) mass is 333 g/mol. The molecule has 6 heteroatoms. The Morgan fingerprint density at radius 3 is 2.67 bits per heavy atom. The van der Waals surface area contributed by atoms with Crippen LogP contribution in [0.4, 0.5) is 8.78 Å². The topological polar surface area (TPSA) is 33.1 Å². The Morgan fingerprint density at radius 2 is 2.00 bits per heavy atom. The third kappa shape index (κ3) is 2.39. The van der Waals surface area contributed by atoms with E-state index in [1.54, 1.807) is 6.07 Å². The van der Waals surface area contributed by atoms with Crippen molar-refractivity contribution >= 4 is 27.5 Å². The predicted molar refractivity (Wildman–Crippen MR) is 67.4 cm³/mol. The maximum atomic E-state index is 13.8.